The van der Waals surface area contributed by atoms with Crippen molar-refractivity contribution in [3.05, 3.63) is 29.8 Å². The zero-order valence-electron chi connectivity index (χ0n) is 11.1. The molecule has 0 aromatic heterocycles. The lowest BCUT2D eigenvalue weighted by molar-refractivity contribution is -0.144. The number of carboxylic acids is 1. The van der Waals surface area contributed by atoms with E-state index in [4.69, 9.17) is 9.84 Å². The summed E-state index contributed by atoms with van der Waals surface area (Å²) < 4.78 is 5.21. The molecule has 21 heavy (non-hydrogen) atoms. The van der Waals surface area contributed by atoms with Crippen LogP contribution in [0.3, 0.4) is 0 Å². The molecule has 1 aromatic carbocycles. The molecule has 7 nitrogen and oxygen atoms in total. The summed E-state index contributed by atoms with van der Waals surface area (Å²) in [6.45, 7) is 1.46. The van der Waals surface area contributed by atoms with Crippen LogP contribution in [0.15, 0.2) is 34.5 Å². The first-order valence-corrected chi connectivity index (χ1v) is 7.06. The van der Waals surface area contributed by atoms with Crippen molar-refractivity contribution in [1.29, 1.82) is 0 Å². The van der Waals surface area contributed by atoms with E-state index < -0.39 is 12.1 Å². The minimum absolute atomic E-state index is 0.0806. The molecule has 2 rings (SSSR count). The molecule has 1 atom stereocenters. The maximum absolute atomic E-state index is 10.9. The molecule has 1 amide bonds. The zero-order chi connectivity index (χ0) is 15.2. The van der Waals surface area contributed by atoms with Gasteiger partial charge < -0.3 is 15.2 Å². The summed E-state index contributed by atoms with van der Waals surface area (Å²) in [5.41, 5.74) is 0.781. The number of hydrogen-bond acceptors (Lipinski definition) is 6. The van der Waals surface area contributed by atoms with Gasteiger partial charge in [-0.2, -0.15) is 5.10 Å². The van der Waals surface area contributed by atoms with Gasteiger partial charge in [-0.3, -0.25) is 4.79 Å². The summed E-state index contributed by atoms with van der Waals surface area (Å²) in [6.07, 6.45) is 0.626. The minimum atomic E-state index is -1.02. The van der Waals surface area contributed by atoms with Crippen molar-refractivity contribution in [1.82, 2.24) is 5.32 Å². The Hall–Kier alpha value is -2.35. The quantitative estimate of drug-likeness (QED) is 0.626. The lowest BCUT2D eigenvalue weighted by atomic mass is 10.2. The molecule has 1 heterocycles. The SMILES string of the molecule is CC(Oc1ccc(C=NN=C2NC(=O)CS2)cc1)C(=O)O. The molecule has 1 aromatic rings. The molecule has 0 radical (unpaired) electrons. The van der Waals surface area contributed by atoms with Crippen LogP contribution in [0, 0.1) is 0 Å². The first kappa shape index (κ1) is 15.0. The van der Waals surface area contributed by atoms with E-state index in [0.717, 1.165) is 5.56 Å². The van der Waals surface area contributed by atoms with Crippen molar-refractivity contribution in [3.8, 4) is 5.75 Å². The highest BCUT2D eigenvalue weighted by Crippen LogP contribution is 2.13. The summed E-state index contributed by atoms with van der Waals surface area (Å²) >= 11 is 1.30. The molecule has 1 fully saturated rings. The first-order chi connectivity index (χ1) is 10.0. The maximum atomic E-state index is 10.9. The number of rotatable bonds is 5. The molecule has 0 saturated carbocycles. The number of carbonyl (C=O) groups is 2. The van der Waals surface area contributed by atoms with E-state index >= 15 is 0 Å². The predicted octanol–water partition coefficient (Wildman–Crippen LogP) is 1.09. The van der Waals surface area contributed by atoms with Gasteiger partial charge in [0.15, 0.2) is 11.3 Å². The fourth-order valence-corrected chi connectivity index (χ4v) is 2.05. The van der Waals surface area contributed by atoms with Crippen molar-refractivity contribution < 1.29 is 19.4 Å². The lowest BCUT2D eigenvalue weighted by Crippen LogP contribution is -2.22. The number of nitrogens with one attached hydrogen (secondary N) is 1. The molecule has 1 unspecified atom stereocenters. The topological polar surface area (TPSA) is 100 Å². The zero-order valence-corrected chi connectivity index (χ0v) is 12.0. The van der Waals surface area contributed by atoms with Crippen molar-refractivity contribution in [2.75, 3.05) is 5.75 Å². The van der Waals surface area contributed by atoms with E-state index in [9.17, 15) is 9.59 Å². The Kier molecular flexibility index (Phi) is 4.94. The second-order valence-electron chi connectivity index (χ2n) is 4.15. The van der Waals surface area contributed by atoms with Crippen LogP contribution in [0.5, 0.6) is 5.75 Å². The molecule has 1 aliphatic rings. The summed E-state index contributed by atoms with van der Waals surface area (Å²) in [4.78, 5) is 21.6. The van der Waals surface area contributed by atoms with E-state index in [1.54, 1.807) is 24.3 Å². The average molecular weight is 307 g/mol. The Balaban J connectivity index is 1.93. The smallest absolute Gasteiger partial charge is 0.344 e. The van der Waals surface area contributed by atoms with Gasteiger partial charge in [0, 0.05) is 0 Å². The number of aliphatic carboxylic acids is 1. The van der Waals surface area contributed by atoms with Crippen LogP contribution in [-0.2, 0) is 9.59 Å². The maximum Gasteiger partial charge on any atom is 0.344 e. The van der Waals surface area contributed by atoms with Crippen LogP contribution in [0.1, 0.15) is 12.5 Å². The van der Waals surface area contributed by atoms with Gasteiger partial charge in [-0.25, -0.2) is 4.79 Å². The monoisotopic (exact) mass is 307 g/mol. The molecule has 1 aliphatic heterocycles. The third-order valence-corrected chi connectivity index (χ3v) is 3.35. The summed E-state index contributed by atoms with van der Waals surface area (Å²) in [5, 5.41) is 19.5. The van der Waals surface area contributed by atoms with E-state index in [1.807, 2.05) is 0 Å². The van der Waals surface area contributed by atoms with Crippen LogP contribution in [-0.4, -0.2) is 40.2 Å². The van der Waals surface area contributed by atoms with Crippen molar-refractivity contribution in [2.45, 2.75) is 13.0 Å². The fourth-order valence-electron chi connectivity index (χ4n) is 1.41. The third kappa shape index (κ3) is 4.60. The largest absolute Gasteiger partial charge is 0.479 e. The number of amidine groups is 1. The average Bonchev–Trinajstić information content (AvgIpc) is 2.86. The highest BCUT2D eigenvalue weighted by molar-refractivity contribution is 8.15. The Morgan fingerprint density at radius 2 is 2.19 bits per heavy atom. The van der Waals surface area contributed by atoms with Gasteiger partial charge in [-0.1, -0.05) is 11.8 Å². The number of benzene rings is 1. The normalized spacial score (nSPS) is 18.0. The summed E-state index contributed by atoms with van der Waals surface area (Å²) in [5.74, 6) is -0.273. The standard InChI is InChI=1S/C13H13N3O4S/c1-8(12(18)19)20-10-4-2-9(3-5-10)6-14-16-13-15-11(17)7-21-13/h2-6,8H,7H2,1H3,(H,18,19)(H,15,16,17). The fraction of sp³-hybridized carbons (Fsp3) is 0.231. The highest BCUT2D eigenvalue weighted by atomic mass is 32.2. The first-order valence-electron chi connectivity index (χ1n) is 6.08. The molecular formula is C13H13N3O4S. The Morgan fingerprint density at radius 1 is 1.48 bits per heavy atom. The van der Waals surface area contributed by atoms with E-state index in [2.05, 4.69) is 15.5 Å². The minimum Gasteiger partial charge on any atom is -0.479 e. The van der Waals surface area contributed by atoms with Crippen LogP contribution < -0.4 is 10.1 Å². The number of hydrogen-bond donors (Lipinski definition) is 2. The molecule has 0 bridgehead atoms. The van der Waals surface area contributed by atoms with Gasteiger partial charge in [0.05, 0.1) is 12.0 Å². The third-order valence-electron chi connectivity index (χ3n) is 2.48. The molecule has 2 N–H and O–H groups in total. The van der Waals surface area contributed by atoms with Crippen LogP contribution in [0.4, 0.5) is 0 Å². The van der Waals surface area contributed by atoms with Gasteiger partial charge in [0.25, 0.3) is 0 Å². The number of carboxylic acid groups (broad SMARTS) is 1. The van der Waals surface area contributed by atoms with E-state index in [0.29, 0.717) is 16.7 Å². The van der Waals surface area contributed by atoms with Crippen molar-refractivity contribution in [3.63, 3.8) is 0 Å². The van der Waals surface area contributed by atoms with Gasteiger partial charge in [-0.05, 0) is 36.8 Å². The molecule has 0 spiro atoms. The van der Waals surface area contributed by atoms with Crippen LogP contribution in [0.25, 0.3) is 0 Å². The van der Waals surface area contributed by atoms with Gasteiger partial charge in [-0.15, -0.1) is 5.10 Å². The number of carbonyl (C=O) groups excluding carboxylic acids is 1. The second-order valence-corrected chi connectivity index (χ2v) is 5.12. The molecule has 1 saturated heterocycles. The number of thioether (sulfide) groups is 1. The Labute approximate surface area is 125 Å². The number of nitrogens with zero attached hydrogens (tertiary/aromatic N) is 2. The van der Waals surface area contributed by atoms with Gasteiger partial charge >= 0.3 is 5.97 Å². The second kappa shape index (κ2) is 6.89. The molecule has 8 heteroatoms. The molecule has 110 valence electrons. The van der Waals surface area contributed by atoms with Crippen molar-refractivity contribution >= 4 is 35.0 Å². The Bertz CT molecular complexity index is 598. The van der Waals surface area contributed by atoms with Crippen molar-refractivity contribution in [2.24, 2.45) is 10.2 Å². The number of amides is 1. The van der Waals surface area contributed by atoms with Gasteiger partial charge in [0.2, 0.25) is 5.91 Å². The van der Waals surface area contributed by atoms with Gasteiger partial charge in [0.1, 0.15) is 5.75 Å². The lowest BCUT2D eigenvalue weighted by Gasteiger charge is -2.09. The molecule has 0 aliphatic carbocycles. The Morgan fingerprint density at radius 3 is 2.76 bits per heavy atom. The van der Waals surface area contributed by atoms with Crippen LogP contribution in [0.2, 0.25) is 0 Å². The van der Waals surface area contributed by atoms with Crippen LogP contribution >= 0.6 is 11.8 Å². The highest BCUT2D eigenvalue weighted by Gasteiger charge is 2.16. The van der Waals surface area contributed by atoms with E-state index in [-0.39, 0.29) is 5.91 Å². The number of ether oxygens (including phenoxy) is 1. The predicted molar refractivity (Wildman–Crippen MR) is 79.8 cm³/mol. The van der Waals surface area contributed by atoms with E-state index in [1.165, 1.54) is 24.9 Å². The summed E-state index contributed by atoms with van der Waals surface area (Å²) in [7, 11) is 0. The summed E-state index contributed by atoms with van der Waals surface area (Å²) in [6, 6.07) is 6.77. The molecular weight excluding hydrogens is 294 g/mol.